The number of anilines is 2. The van der Waals surface area contributed by atoms with Crippen LogP contribution in [0.3, 0.4) is 0 Å². The second-order valence-corrected chi connectivity index (χ2v) is 9.56. The third-order valence-electron chi connectivity index (χ3n) is 6.14. The van der Waals surface area contributed by atoms with E-state index < -0.39 is 0 Å². The SMILES string of the molecule is c1cnc2c(Sc3ccc(Nc4nnc(-c5ccc6c(c5)OCO6)c5ccccc45)cc3)ccnc2c1. The topological polar surface area (TPSA) is 82.1 Å². The molecule has 7 nitrogen and oxygen atoms in total. The average Bonchev–Trinajstić information content (AvgIpc) is 3.43. The van der Waals surface area contributed by atoms with Gasteiger partial charge >= 0.3 is 0 Å². The number of hydrogen-bond donors (Lipinski definition) is 1. The first-order valence-electron chi connectivity index (χ1n) is 11.7. The lowest BCUT2D eigenvalue weighted by molar-refractivity contribution is 0.174. The van der Waals surface area contributed by atoms with Gasteiger partial charge in [0.25, 0.3) is 0 Å². The maximum atomic E-state index is 5.55. The molecular formula is C29H19N5O2S. The van der Waals surface area contributed by atoms with Gasteiger partial charge in [-0.2, -0.15) is 0 Å². The minimum atomic E-state index is 0.238. The summed E-state index contributed by atoms with van der Waals surface area (Å²) in [5.74, 6) is 2.17. The molecule has 37 heavy (non-hydrogen) atoms. The highest BCUT2D eigenvalue weighted by atomic mass is 32.2. The number of hydrogen-bond acceptors (Lipinski definition) is 8. The number of fused-ring (bicyclic) bond motifs is 3. The van der Waals surface area contributed by atoms with Gasteiger partial charge in [0.1, 0.15) is 11.2 Å². The second-order valence-electron chi connectivity index (χ2n) is 8.44. The lowest BCUT2D eigenvalue weighted by Crippen LogP contribution is -1.99. The van der Waals surface area contributed by atoms with Crippen LogP contribution in [0.2, 0.25) is 0 Å². The van der Waals surface area contributed by atoms with E-state index in [2.05, 4.69) is 49.7 Å². The van der Waals surface area contributed by atoms with Crippen molar-refractivity contribution in [3.05, 3.63) is 97.3 Å². The number of pyridine rings is 2. The van der Waals surface area contributed by atoms with Crippen molar-refractivity contribution < 1.29 is 9.47 Å². The molecule has 0 saturated carbocycles. The van der Waals surface area contributed by atoms with Crippen LogP contribution in [0.5, 0.6) is 11.5 Å². The molecule has 0 amide bonds. The van der Waals surface area contributed by atoms with Crippen LogP contribution in [0.25, 0.3) is 33.1 Å². The van der Waals surface area contributed by atoms with Gasteiger partial charge in [0.15, 0.2) is 17.3 Å². The van der Waals surface area contributed by atoms with Crippen LogP contribution in [0.15, 0.2) is 107 Å². The average molecular weight is 502 g/mol. The molecule has 6 aromatic rings. The molecule has 0 saturated heterocycles. The van der Waals surface area contributed by atoms with Crippen LogP contribution < -0.4 is 14.8 Å². The van der Waals surface area contributed by atoms with Crippen molar-refractivity contribution in [1.82, 2.24) is 20.2 Å². The second kappa shape index (κ2) is 9.07. The molecule has 0 fully saturated rings. The van der Waals surface area contributed by atoms with E-state index >= 15 is 0 Å². The Hall–Kier alpha value is -4.69. The Morgan fingerprint density at radius 1 is 0.730 bits per heavy atom. The summed E-state index contributed by atoms with van der Waals surface area (Å²) in [5.41, 5.74) is 4.45. The van der Waals surface area contributed by atoms with Gasteiger partial charge in [-0.05, 0) is 60.7 Å². The van der Waals surface area contributed by atoms with Gasteiger partial charge in [0, 0.05) is 44.2 Å². The highest BCUT2D eigenvalue weighted by molar-refractivity contribution is 7.99. The molecule has 1 aliphatic rings. The van der Waals surface area contributed by atoms with E-state index in [4.69, 9.17) is 9.47 Å². The molecule has 4 heterocycles. The van der Waals surface area contributed by atoms with Gasteiger partial charge < -0.3 is 14.8 Å². The quantitative estimate of drug-likeness (QED) is 0.274. The summed E-state index contributed by atoms with van der Waals surface area (Å²) >= 11 is 1.67. The van der Waals surface area contributed by atoms with Crippen LogP contribution >= 0.6 is 11.8 Å². The highest BCUT2D eigenvalue weighted by Crippen LogP contribution is 2.38. The van der Waals surface area contributed by atoms with E-state index in [9.17, 15) is 0 Å². The van der Waals surface area contributed by atoms with E-state index in [0.29, 0.717) is 5.82 Å². The predicted octanol–water partition coefficient (Wildman–Crippen LogP) is 6.86. The third-order valence-corrected chi connectivity index (χ3v) is 7.19. The first-order chi connectivity index (χ1) is 18.3. The summed E-state index contributed by atoms with van der Waals surface area (Å²) in [7, 11) is 0. The summed E-state index contributed by atoms with van der Waals surface area (Å²) in [6, 6.07) is 28.1. The van der Waals surface area contributed by atoms with Gasteiger partial charge in [0.2, 0.25) is 6.79 Å². The molecule has 0 atom stereocenters. The maximum Gasteiger partial charge on any atom is 0.231 e. The summed E-state index contributed by atoms with van der Waals surface area (Å²) < 4.78 is 11.0. The van der Waals surface area contributed by atoms with Crippen LogP contribution in [0.4, 0.5) is 11.5 Å². The number of nitrogens with zero attached hydrogens (tertiary/aromatic N) is 4. The van der Waals surface area contributed by atoms with Crippen LogP contribution in [-0.4, -0.2) is 27.0 Å². The largest absolute Gasteiger partial charge is 0.454 e. The number of rotatable bonds is 5. The molecule has 8 heteroatoms. The highest BCUT2D eigenvalue weighted by Gasteiger charge is 2.17. The van der Waals surface area contributed by atoms with Gasteiger partial charge in [-0.1, -0.05) is 36.0 Å². The van der Waals surface area contributed by atoms with E-state index in [1.54, 1.807) is 18.0 Å². The number of nitrogens with one attached hydrogen (secondary N) is 1. The van der Waals surface area contributed by atoms with Crippen molar-refractivity contribution in [1.29, 1.82) is 0 Å². The lowest BCUT2D eigenvalue weighted by Gasteiger charge is -2.12. The lowest BCUT2D eigenvalue weighted by atomic mass is 10.0. The van der Waals surface area contributed by atoms with E-state index in [1.165, 1.54) is 0 Å². The summed E-state index contributed by atoms with van der Waals surface area (Å²) in [6.45, 7) is 0.238. The standard InChI is InChI=1S/C29H19N5O2S/c1-2-5-22-21(4-1)27(18-7-12-24-25(16-18)36-17-35-24)33-34-29(22)32-19-8-10-20(11-9-19)37-26-13-15-30-23-6-3-14-31-28(23)26/h1-16H,17H2,(H,32,34). The molecule has 3 aromatic heterocycles. The van der Waals surface area contributed by atoms with Crippen molar-refractivity contribution in [2.24, 2.45) is 0 Å². The first kappa shape index (κ1) is 21.6. The Morgan fingerprint density at radius 3 is 2.51 bits per heavy atom. The third kappa shape index (κ3) is 4.07. The Morgan fingerprint density at radius 2 is 1.59 bits per heavy atom. The van der Waals surface area contributed by atoms with Gasteiger partial charge in [-0.3, -0.25) is 9.97 Å². The zero-order chi connectivity index (χ0) is 24.6. The minimum Gasteiger partial charge on any atom is -0.454 e. The minimum absolute atomic E-state index is 0.238. The normalized spacial score (nSPS) is 12.2. The van der Waals surface area contributed by atoms with Crippen LogP contribution in [-0.2, 0) is 0 Å². The monoisotopic (exact) mass is 501 g/mol. The molecule has 0 spiro atoms. The van der Waals surface area contributed by atoms with Crippen molar-refractivity contribution in [2.45, 2.75) is 9.79 Å². The molecule has 0 aliphatic carbocycles. The summed E-state index contributed by atoms with van der Waals surface area (Å²) in [6.07, 6.45) is 3.61. The fourth-order valence-corrected chi connectivity index (χ4v) is 5.27. The number of aromatic nitrogens is 4. The first-order valence-corrected chi connectivity index (χ1v) is 12.5. The number of benzene rings is 3. The van der Waals surface area contributed by atoms with Crippen molar-refractivity contribution in [2.75, 3.05) is 12.1 Å². The van der Waals surface area contributed by atoms with Crippen molar-refractivity contribution in [3.63, 3.8) is 0 Å². The molecular weight excluding hydrogens is 482 g/mol. The zero-order valence-electron chi connectivity index (χ0n) is 19.5. The van der Waals surface area contributed by atoms with E-state index in [-0.39, 0.29) is 6.79 Å². The maximum absolute atomic E-state index is 5.55. The Balaban J connectivity index is 1.17. The summed E-state index contributed by atoms with van der Waals surface area (Å²) in [5, 5.41) is 14.5. The molecule has 0 unspecified atom stereocenters. The van der Waals surface area contributed by atoms with E-state index in [0.717, 1.165) is 60.0 Å². The van der Waals surface area contributed by atoms with Crippen LogP contribution in [0.1, 0.15) is 0 Å². The molecule has 7 rings (SSSR count). The fourth-order valence-electron chi connectivity index (χ4n) is 4.36. The van der Waals surface area contributed by atoms with E-state index in [1.807, 2.05) is 66.9 Å². The Kier molecular flexibility index (Phi) is 5.29. The molecule has 0 radical (unpaired) electrons. The van der Waals surface area contributed by atoms with Crippen molar-refractivity contribution in [3.8, 4) is 22.8 Å². The number of ether oxygens (including phenoxy) is 2. The predicted molar refractivity (Wildman–Crippen MR) is 144 cm³/mol. The smallest absolute Gasteiger partial charge is 0.231 e. The molecule has 3 aromatic carbocycles. The molecule has 1 aliphatic heterocycles. The fraction of sp³-hybridized carbons (Fsp3) is 0.0345. The van der Waals surface area contributed by atoms with Gasteiger partial charge in [0.05, 0.1) is 5.52 Å². The molecule has 0 bridgehead atoms. The molecule has 1 N–H and O–H groups in total. The van der Waals surface area contributed by atoms with Crippen LogP contribution in [0, 0.1) is 0 Å². The Labute approximate surface area is 216 Å². The van der Waals surface area contributed by atoms with Crippen molar-refractivity contribution >= 4 is 45.1 Å². The summed E-state index contributed by atoms with van der Waals surface area (Å²) in [4.78, 5) is 11.1. The Bertz CT molecular complexity index is 1770. The zero-order valence-corrected chi connectivity index (χ0v) is 20.3. The van der Waals surface area contributed by atoms with Gasteiger partial charge in [-0.25, -0.2) is 0 Å². The van der Waals surface area contributed by atoms with Gasteiger partial charge in [-0.15, -0.1) is 10.2 Å². The molecule has 178 valence electrons.